The van der Waals surface area contributed by atoms with Crippen LogP contribution in [0, 0.1) is 0 Å². The van der Waals surface area contributed by atoms with E-state index in [1.807, 2.05) is 35.9 Å². The molecule has 6 aromatic heterocycles. The van der Waals surface area contributed by atoms with Crippen molar-refractivity contribution in [3.05, 3.63) is 182 Å². The number of furan rings is 1. The number of hydrogen-bond acceptors (Lipinski definition) is 4. The standard InChI is InChI=1S/C52H30N4OS/c1-3-12-43-37(10-1)51-45(14-6-24-53-51)55(43)35-18-21-48-40(29-35)39-27-33(16-20-47(39)57-48)31-8-5-9-32(26-31)34-17-22-49-41(28-34)42-30-36(19-23-50(42)58-49)56-44-13-4-2-11-38(44)52-46(56)15-7-25-54-52/h1-30H. The van der Waals surface area contributed by atoms with Crippen molar-refractivity contribution in [2.45, 2.75) is 0 Å². The number of nitrogens with zero attached hydrogens (tertiary/aromatic N) is 4. The largest absolute Gasteiger partial charge is 0.456 e. The summed E-state index contributed by atoms with van der Waals surface area (Å²) in [5.41, 5.74) is 15.2. The summed E-state index contributed by atoms with van der Waals surface area (Å²) in [5.74, 6) is 0. The Hall–Kier alpha value is -7.54. The third-order valence-electron chi connectivity index (χ3n) is 11.8. The molecule has 0 unspecified atom stereocenters. The number of hydrogen-bond donors (Lipinski definition) is 0. The van der Waals surface area contributed by atoms with E-state index in [0.717, 1.165) is 88.3 Å². The molecule has 0 aliphatic rings. The van der Waals surface area contributed by atoms with Gasteiger partial charge in [0.1, 0.15) is 11.2 Å². The van der Waals surface area contributed by atoms with Gasteiger partial charge in [-0.2, -0.15) is 0 Å². The van der Waals surface area contributed by atoms with Crippen LogP contribution < -0.4 is 0 Å². The van der Waals surface area contributed by atoms with Crippen LogP contribution in [-0.4, -0.2) is 19.1 Å². The molecule has 0 saturated carbocycles. The maximum atomic E-state index is 6.40. The molecule has 0 radical (unpaired) electrons. The summed E-state index contributed by atoms with van der Waals surface area (Å²) >= 11 is 1.85. The van der Waals surface area contributed by atoms with E-state index in [4.69, 9.17) is 14.4 Å². The van der Waals surface area contributed by atoms with Crippen molar-refractivity contribution in [1.29, 1.82) is 0 Å². The third kappa shape index (κ3) is 4.58. The zero-order valence-corrected chi connectivity index (χ0v) is 31.7. The Morgan fingerprint density at radius 2 is 0.845 bits per heavy atom. The van der Waals surface area contributed by atoms with Gasteiger partial charge in [-0.1, -0.05) is 66.7 Å². The fourth-order valence-corrected chi connectivity index (χ4v) is 10.2. The molecule has 58 heavy (non-hydrogen) atoms. The van der Waals surface area contributed by atoms with Gasteiger partial charge >= 0.3 is 0 Å². The monoisotopic (exact) mass is 758 g/mol. The van der Waals surface area contributed by atoms with Crippen LogP contribution in [0.4, 0.5) is 0 Å². The Balaban J connectivity index is 0.909. The molecule has 0 amide bonds. The van der Waals surface area contributed by atoms with Crippen LogP contribution >= 0.6 is 11.3 Å². The Kier molecular flexibility index (Phi) is 6.54. The molecule has 13 aromatic rings. The average Bonchev–Trinajstić information content (AvgIpc) is 4.03. The molecule has 6 heteroatoms. The highest BCUT2D eigenvalue weighted by Gasteiger charge is 2.17. The number of fused-ring (bicyclic) bond motifs is 12. The molecule has 0 atom stereocenters. The van der Waals surface area contributed by atoms with Crippen molar-refractivity contribution in [3.63, 3.8) is 0 Å². The summed E-state index contributed by atoms with van der Waals surface area (Å²) in [4.78, 5) is 9.51. The van der Waals surface area contributed by atoms with Gasteiger partial charge in [-0.05, 0) is 125 Å². The molecular formula is C52H30N4OS. The van der Waals surface area contributed by atoms with Crippen molar-refractivity contribution in [1.82, 2.24) is 19.1 Å². The number of pyridine rings is 2. The lowest BCUT2D eigenvalue weighted by atomic mass is 9.97. The van der Waals surface area contributed by atoms with Gasteiger partial charge in [0.15, 0.2) is 0 Å². The minimum atomic E-state index is 0.873. The summed E-state index contributed by atoms with van der Waals surface area (Å²) in [5, 5.41) is 7.03. The van der Waals surface area contributed by atoms with Crippen molar-refractivity contribution in [2.24, 2.45) is 0 Å². The predicted molar refractivity (Wildman–Crippen MR) is 242 cm³/mol. The Morgan fingerprint density at radius 3 is 1.52 bits per heavy atom. The first kappa shape index (κ1) is 31.6. The van der Waals surface area contributed by atoms with Gasteiger partial charge in [0.2, 0.25) is 0 Å². The third-order valence-corrected chi connectivity index (χ3v) is 13.0. The minimum Gasteiger partial charge on any atom is -0.456 e. The first-order chi connectivity index (χ1) is 28.7. The van der Waals surface area contributed by atoms with Gasteiger partial charge < -0.3 is 13.6 Å². The van der Waals surface area contributed by atoms with E-state index in [1.165, 1.54) is 31.3 Å². The molecule has 270 valence electrons. The molecule has 0 aliphatic carbocycles. The van der Waals surface area contributed by atoms with Crippen molar-refractivity contribution in [3.8, 4) is 33.6 Å². The van der Waals surface area contributed by atoms with Crippen LogP contribution in [0.1, 0.15) is 0 Å². The van der Waals surface area contributed by atoms with Gasteiger partial charge in [-0.3, -0.25) is 9.97 Å². The highest BCUT2D eigenvalue weighted by Crippen LogP contribution is 2.41. The molecule has 7 aromatic carbocycles. The Labute approximate surface area is 335 Å². The molecule has 0 N–H and O–H groups in total. The van der Waals surface area contributed by atoms with E-state index >= 15 is 0 Å². The summed E-state index contributed by atoms with van der Waals surface area (Å²) in [6, 6.07) is 61.1. The average molecular weight is 759 g/mol. The molecule has 5 nitrogen and oxygen atoms in total. The number of benzene rings is 7. The Bertz CT molecular complexity index is 3470. The summed E-state index contributed by atoms with van der Waals surface area (Å²) < 4.78 is 13.6. The summed E-state index contributed by atoms with van der Waals surface area (Å²) in [6.07, 6.45) is 3.75. The van der Waals surface area contributed by atoms with Crippen molar-refractivity contribution in [2.75, 3.05) is 0 Å². The molecule has 6 heterocycles. The number of aromatic nitrogens is 4. The van der Waals surface area contributed by atoms with Gasteiger partial charge in [0.25, 0.3) is 0 Å². The van der Waals surface area contributed by atoms with Gasteiger partial charge in [0, 0.05) is 65.5 Å². The highest BCUT2D eigenvalue weighted by molar-refractivity contribution is 7.25. The van der Waals surface area contributed by atoms with Crippen LogP contribution in [0.3, 0.4) is 0 Å². The number of rotatable bonds is 4. The lowest BCUT2D eigenvalue weighted by molar-refractivity contribution is 0.669. The SMILES string of the molecule is c1cc(-c2ccc3oc4ccc(-n5c6ccccc6c6ncccc65)cc4c3c2)cc(-c2ccc3sc4ccc(-n5c6ccccc6c6ncccc65)cc4c3c2)c1. The number of thiophene rings is 1. The van der Waals surface area contributed by atoms with E-state index in [-0.39, 0.29) is 0 Å². The molecule has 13 rings (SSSR count). The maximum Gasteiger partial charge on any atom is 0.135 e. The lowest BCUT2D eigenvalue weighted by Gasteiger charge is -2.09. The molecular weight excluding hydrogens is 729 g/mol. The minimum absolute atomic E-state index is 0.873. The van der Waals surface area contributed by atoms with Gasteiger partial charge in [-0.15, -0.1) is 11.3 Å². The molecule has 0 saturated heterocycles. The second kappa shape index (κ2) is 12.0. The van der Waals surface area contributed by atoms with E-state index in [2.05, 4.69) is 167 Å². The van der Waals surface area contributed by atoms with Crippen LogP contribution in [0.25, 0.3) is 120 Å². The second-order valence-corrected chi connectivity index (χ2v) is 16.1. The van der Waals surface area contributed by atoms with E-state index in [0.29, 0.717) is 0 Å². The van der Waals surface area contributed by atoms with Crippen molar-refractivity contribution < 1.29 is 4.42 Å². The van der Waals surface area contributed by atoms with Crippen LogP contribution in [0.2, 0.25) is 0 Å². The first-order valence-corrected chi connectivity index (χ1v) is 20.3. The fraction of sp³-hybridized carbons (Fsp3) is 0. The zero-order valence-electron chi connectivity index (χ0n) is 30.9. The zero-order chi connectivity index (χ0) is 37.9. The highest BCUT2D eigenvalue weighted by atomic mass is 32.1. The van der Waals surface area contributed by atoms with Crippen LogP contribution in [0.5, 0.6) is 0 Å². The van der Waals surface area contributed by atoms with E-state index < -0.39 is 0 Å². The molecule has 0 aliphatic heterocycles. The van der Waals surface area contributed by atoms with Crippen LogP contribution in [-0.2, 0) is 0 Å². The van der Waals surface area contributed by atoms with Gasteiger partial charge in [0.05, 0.1) is 33.1 Å². The topological polar surface area (TPSA) is 48.8 Å². The maximum absolute atomic E-state index is 6.40. The predicted octanol–water partition coefficient (Wildman–Crippen LogP) is 14.3. The van der Waals surface area contributed by atoms with E-state index in [9.17, 15) is 0 Å². The lowest BCUT2D eigenvalue weighted by Crippen LogP contribution is -1.93. The number of para-hydroxylation sites is 2. The van der Waals surface area contributed by atoms with E-state index in [1.54, 1.807) is 0 Å². The second-order valence-electron chi connectivity index (χ2n) is 15.0. The van der Waals surface area contributed by atoms with Gasteiger partial charge in [-0.25, -0.2) is 0 Å². The first-order valence-electron chi connectivity index (χ1n) is 19.5. The normalized spacial score (nSPS) is 12.1. The van der Waals surface area contributed by atoms with Crippen molar-refractivity contribution >= 4 is 97.3 Å². The molecule has 0 bridgehead atoms. The quantitative estimate of drug-likeness (QED) is 0.180. The summed E-state index contributed by atoms with van der Waals surface area (Å²) in [6.45, 7) is 0. The van der Waals surface area contributed by atoms with Crippen LogP contribution in [0.15, 0.2) is 187 Å². The summed E-state index contributed by atoms with van der Waals surface area (Å²) in [7, 11) is 0. The fourth-order valence-electron chi connectivity index (χ4n) is 9.17. The Morgan fingerprint density at radius 1 is 0.362 bits per heavy atom. The molecule has 0 spiro atoms. The smallest absolute Gasteiger partial charge is 0.135 e. The molecule has 0 fully saturated rings.